The molecule has 0 amide bonds. The molecular formula is C36H41Cl2FN4O6S. The van der Waals surface area contributed by atoms with Crippen LogP contribution in [0.1, 0.15) is 38.2 Å². The van der Waals surface area contributed by atoms with E-state index in [1.165, 1.54) is 44.2 Å². The molecule has 2 heterocycles. The second-order valence-corrected chi connectivity index (χ2v) is 14.6. The number of piperidine rings is 1. The van der Waals surface area contributed by atoms with Gasteiger partial charge in [0.25, 0.3) is 10.0 Å². The molecule has 14 heteroatoms. The van der Waals surface area contributed by atoms with Crippen LogP contribution in [0.2, 0.25) is 10.0 Å². The molecule has 5 rings (SSSR count). The fourth-order valence-corrected chi connectivity index (χ4v) is 7.02. The number of anilines is 1. The summed E-state index contributed by atoms with van der Waals surface area (Å²) in [6, 6.07) is 14.0. The third-order valence-electron chi connectivity index (χ3n) is 8.31. The molecule has 4 aromatic rings. The van der Waals surface area contributed by atoms with Gasteiger partial charge in [0.15, 0.2) is 23.1 Å². The zero-order valence-electron chi connectivity index (χ0n) is 28.3. The number of hydrogen-bond donors (Lipinski definition) is 1. The Kier molecular flexibility index (Phi) is 13.2. The van der Waals surface area contributed by atoms with Crippen LogP contribution in [0.25, 0.3) is 10.9 Å². The van der Waals surface area contributed by atoms with Crippen molar-refractivity contribution >= 4 is 55.7 Å². The highest BCUT2D eigenvalue weighted by molar-refractivity contribution is 7.89. The van der Waals surface area contributed by atoms with Crippen molar-refractivity contribution in [2.75, 3.05) is 52.4 Å². The first-order valence-electron chi connectivity index (χ1n) is 16.3. The predicted octanol–water partition coefficient (Wildman–Crippen LogP) is 8.36. The molecule has 0 saturated carbocycles. The van der Waals surface area contributed by atoms with Crippen LogP contribution in [-0.2, 0) is 20.5 Å². The molecule has 1 fully saturated rings. The predicted molar refractivity (Wildman–Crippen MR) is 196 cm³/mol. The van der Waals surface area contributed by atoms with E-state index in [-0.39, 0.29) is 35.3 Å². The van der Waals surface area contributed by atoms with Crippen molar-refractivity contribution in [1.82, 2.24) is 9.88 Å². The minimum Gasteiger partial charge on any atom is -0.493 e. The van der Waals surface area contributed by atoms with Crippen LogP contribution in [0.3, 0.4) is 0 Å². The lowest BCUT2D eigenvalue weighted by Gasteiger charge is -2.30. The number of pyridine rings is 1. The van der Waals surface area contributed by atoms with Crippen LogP contribution in [0, 0.1) is 11.7 Å². The number of likely N-dealkylation sites (tertiary alicyclic amines) is 1. The van der Waals surface area contributed by atoms with Crippen LogP contribution in [-0.4, -0.2) is 71.2 Å². The highest BCUT2D eigenvalue weighted by Gasteiger charge is 2.18. The van der Waals surface area contributed by atoms with Gasteiger partial charge in [0.05, 0.1) is 41.6 Å². The molecule has 1 saturated heterocycles. The third kappa shape index (κ3) is 10.4. The first-order chi connectivity index (χ1) is 24.0. The number of benzene rings is 3. The van der Waals surface area contributed by atoms with E-state index in [2.05, 4.69) is 26.5 Å². The van der Waals surface area contributed by atoms with Crippen molar-refractivity contribution in [1.29, 1.82) is 0 Å². The zero-order valence-corrected chi connectivity index (χ0v) is 30.6. The molecule has 0 atom stereocenters. The number of rotatable bonds is 15. The van der Waals surface area contributed by atoms with E-state index in [1.54, 1.807) is 43.6 Å². The summed E-state index contributed by atoms with van der Waals surface area (Å²) in [6.45, 7) is 6.27. The molecule has 1 aromatic heterocycles. The number of methoxy groups -OCH3 is 2. The maximum atomic E-state index is 15.4. The highest BCUT2D eigenvalue weighted by atomic mass is 35.5. The summed E-state index contributed by atoms with van der Waals surface area (Å²) in [6.07, 6.45) is 5.08. The Hall–Kier alpha value is -3.68. The van der Waals surface area contributed by atoms with Gasteiger partial charge in [0.1, 0.15) is 11.6 Å². The van der Waals surface area contributed by atoms with Gasteiger partial charge in [-0.25, -0.2) is 12.8 Å². The SMILES string of the molecule is COCCC(=NS(=O)(=O)Cc1ccc(Cl)c(Cl)c1)Nc1ccc(Oc2ccnc3cc(OCCCN4CCC(C)CC4)c(OC)cc23)c(F)c1. The number of halogens is 3. The lowest BCUT2D eigenvalue weighted by Crippen LogP contribution is -2.34. The van der Waals surface area contributed by atoms with Gasteiger partial charge in [-0.05, 0) is 80.2 Å². The largest absolute Gasteiger partial charge is 0.493 e. The minimum absolute atomic E-state index is 0.0444. The smallest absolute Gasteiger partial charge is 0.258 e. The van der Waals surface area contributed by atoms with Crippen molar-refractivity contribution in [2.24, 2.45) is 10.3 Å². The Morgan fingerprint density at radius 3 is 2.50 bits per heavy atom. The lowest BCUT2D eigenvalue weighted by molar-refractivity contribution is 0.176. The molecule has 0 spiro atoms. The van der Waals surface area contributed by atoms with Crippen molar-refractivity contribution in [3.63, 3.8) is 0 Å². The minimum atomic E-state index is -3.99. The van der Waals surface area contributed by atoms with Crippen molar-refractivity contribution in [3.05, 3.63) is 82.2 Å². The maximum Gasteiger partial charge on any atom is 0.258 e. The van der Waals surface area contributed by atoms with Gasteiger partial charge in [-0.3, -0.25) is 4.98 Å². The molecule has 50 heavy (non-hydrogen) atoms. The van der Waals surface area contributed by atoms with Gasteiger partial charge in [0, 0.05) is 49.5 Å². The van der Waals surface area contributed by atoms with Crippen LogP contribution in [0.15, 0.2) is 65.2 Å². The number of nitrogens with one attached hydrogen (secondary N) is 1. The fourth-order valence-electron chi connectivity index (χ4n) is 5.56. The molecule has 0 aliphatic carbocycles. The second-order valence-electron chi connectivity index (χ2n) is 12.2. The molecule has 10 nitrogen and oxygen atoms in total. The van der Waals surface area contributed by atoms with Crippen LogP contribution in [0.4, 0.5) is 10.1 Å². The molecule has 0 radical (unpaired) electrons. The van der Waals surface area contributed by atoms with E-state index in [0.29, 0.717) is 45.3 Å². The van der Waals surface area contributed by atoms with Crippen LogP contribution < -0.4 is 19.5 Å². The lowest BCUT2D eigenvalue weighted by atomic mass is 9.99. The first-order valence-corrected chi connectivity index (χ1v) is 18.7. The van der Waals surface area contributed by atoms with E-state index in [4.69, 9.17) is 42.1 Å². The molecule has 3 aromatic carbocycles. The topological polar surface area (TPSA) is 112 Å². The normalized spacial score (nSPS) is 14.6. The van der Waals surface area contributed by atoms with Gasteiger partial charge < -0.3 is 29.2 Å². The summed E-state index contributed by atoms with van der Waals surface area (Å²) in [5.74, 6) is 1.20. The summed E-state index contributed by atoms with van der Waals surface area (Å²) in [7, 11) is -0.946. The summed E-state index contributed by atoms with van der Waals surface area (Å²) >= 11 is 12.0. The molecule has 268 valence electrons. The molecule has 0 unspecified atom stereocenters. The van der Waals surface area contributed by atoms with Gasteiger partial charge in [-0.1, -0.05) is 36.2 Å². The summed E-state index contributed by atoms with van der Waals surface area (Å²) in [5.41, 5.74) is 1.29. The highest BCUT2D eigenvalue weighted by Crippen LogP contribution is 2.38. The van der Waals surface area contributed by atoms with E-state index >= 15 is 4.39 Å². The third-order valence-corrected chi connectivity index (χ3v) is 10.2. The number of sulfonamides is 1. The van der Waals surface area contributed by atoms with Crippen LogP contribution >= 0.6 is 23.2 Å². The number of fused-ring (bicyclic) bond motifs is 1. The van der Waals surface area contributed by atoms with Gasteiger partial charge in [-0.2, -0.15) is 0 Å². The van der Waals surface area contributed by atoms with E-state index in [1.807, 2.05) is 0 Å². The summed E-state index contributed by atoms with van der Waals surface area (Å²) in [4.78, 5) is 6.95. The van der Waals surface area contributed by atoms with E-state index in [9.17, 15) is 8.42 Å². The average Bonchev–Trinajstić information content (AvgIpc) is 3.08. The molecular weight excluding hydrogens is 706 g/mol. The standard InChI is InChI=1S/C36H41Cl2FN4O6S/c1-24-10-15-43(16-11-24)14-4-17-48-35-22-31-27(21-34(35)47-3)32(9-13-40-31)49-33-8-6-26(20-30(33)39)41-36(12-18-46-2)42-50(44,45)23-25-5-7-28(37)29(38)19-25/h5-9,13,19-22,24H,4,10-12,14-18,23H2,1-3H3,(H,41,42). The second kappa shape index (κ2) is 17.5. The Morgan fingerprint density at radius 2 is 1.78 bits per heavy atom. The Labute approximate surface area is 302 Å². The fraction of sp³-hybridized carbons (Fsp3) is 0.389. The number of hydrogen-bond acceptors (Lipinski definition) is 8. The first kappa shape index (κ1) is 37.6. The number of ether oxygens (including phenoxy) is 4. The maximum absolute atomic E-state index is 15.4. The van der Waals surface area contributed by atoms with E-state index in [0.717, 1.165) is 32.0 Å². The Balaban J connectivity index is 1.27. The summed E-state index contributed by atoms with van der Waals surface area (Å²) in [5, 5.41) is 4.07. The molecule has 1 aliphatic heterocycles. The molecule has 0 bridgehead atoms. The Morgan fingerprint density at radius 1 is 0.980 bits per heavy atom. The number of amidine groups is 1. The average molecular weight is 748 g/mol. The molecule has 1 aliphatic rings. The van der Waals surface area contributed by atoms with Crippen molar-refractivity contribution in [3.8, 4) is 23.0 Å². The van der Waals surface area contributed by atoms with Gasteiger partial charge >= 0.3 is 0 Å². The van der Waals surface area contributed by atoms with Crippen LogP contribution in [0.5, 0.6) is 23.0 Å². The Bertz CT molecular complexity index is 1920. The van der Waals surface area contributed by atoms with Gasteiger partial charge in [-0.15, -0.1) is 4.40 Å². The van der Waals surface area contributed by atoms with Gasteiger partial charge in [0.2, 0.25) is 0 Å². The number of nitrogens with zero attached hydrogens (tertiary/aromatic N) is 3. The summed E-state index contributed by atoms with van der Waals surface area (Å²) < 4.78 is 68.1. The van der Waals surface area contributed by atoms with Crippen molar-refractivity contribution in [2.45, 2.75) is 38.4 Å². The number of aromatic nitrogens is 1. The van der Waals surface area contributed by atoms with Crippen molar-refractivity contribution < 1.29 is 31.8 Å². The monoisotopic (exact) mass is 746 g/mol. The zero-order chi connectivity index (χ0) is 35.7. The quantitative estimate of drug-likeness (QED) is 0.0729. The van der Waals surface area contributed by atoms with E-state index < -0.39 is 21.6 Å². The molecule has 1 N–H and O–H groups in total.